The molecule has 1 aromatic heterocycles. The molecule has 0 saturated heterocycles. The normalized spacial score (nSPS) is 15.9. The zero-order valence-corrected chi connectivity index (χ0v) is 13.9. The minimum atomic E-state index is -3.34. The van der Waals surface area contributed by atoms with Crippen LogP contribution in [-0.4, -0.2) is 31.9 Å². The maximum absolute atomic E-state index is 12.8. The molecule has 6 heteroatoms. The number of hydrogen-bond donors (Lipinski definition) is 1. The van der Waals surface area contributed by atoms with Gasteiger partial charge in [-0.15, -0.1) is 11.3 Å². The van der Waals surface area contributed by atoms with Crippen LogP contribution in [0.4, 0.5) is 0 Å². The van der Waals surface area contributed by atoms with Crippen LogP contribution in [0.15, 0.2) is 16.3 Å². The van der Waals surface area contributed by atoms with Gasteiger partial charge in [0.05, 0.1) is 4.90 Å². The largest absolute Gasteiger partial charge is 0.309 e. The summed E-state index contributed by atoms with van der Waals surface area (Å²) in [5.41, 5.74) is 0. The molecule has 0 bridgehead atoms. The molecule has 0 unspecified atom stereocenters. The molecule has 0 amide bonds. The standard InChI is InChI=1S/C14H24N2O2S2/c1-3-8-16(9-4-2)20(17,18)14-7-10-19-13(14)11-15-12-5-6-12/h7,10,12,15H,3-6,8-9,11H2,1-2H3. The summed E-state index contributed by atoms with van der Waals surface area (Å²) in [6.45, 7) is 5.90. The smallest absolute Gasteiger partial charge is 0.244 e. The molecular formula is C14H24N2O2S2. The van der Waals surface area contributed by atoms with Crippen molar-refractivity contribution in [1.82, 2.24) is 9.62 Å². The average molecular weight is 316 g/mol. The van der Waals surface area contributed by atoms with E-state index in [0.29, 0.717) is 30.6 Å². The first-order valence-corrected chi connectivity index (χ1v) is 9.71. The van der Waals surface area contributed by atoms with Crippen molar-refractivity contribution in [2.75, 3.05) is 13.1 Å². The molecular weight excluding hydrogens is 292 g/mol. The SMILES string of the molecule is CCCN(CCC)S(=O)(=O)c1ccsc1CNC1CC1. The molecule has 0 spiro atoms. The highest BCUT2D eigenvalue weighted by Crippen LogP contribution is 2.27. The van der Waals surface area contributed by atoms with Gasteiger partial charge >= 0.3 is 0 Å². The van der Waals surface area contributed by atoms with E-state index >= 15 is 0 Å². The Kier molecular flexibility index (Phi) is 5.60. The van der Waals surface area contributed by atoms with E-state index in [0.717, 1.165) is 17.7 Å². The zero-order chi connectivity index (χ0) is 14.6. The Hall–Kier alpha value is -0.430. The van der Waals surface area contributed by atoms with Gasteiger partial charge in [-0.1, -0.05) is 13.8 Å². The van der Waals surface area contributed by atoms with Gasteiger partial charge in [-0.25, -0.2) is 8.42 Å². The van der Waals surface area contributed by atoms with Gasteiger partial charge in [-0.05, 0) is 37.1 Å². The molecule has 1 aromatic rings. The van der Waals surface area contributed by atoms with Crippen molar-refractivity contribution in [3.63, 3.8) is 0 Å². The Morgan fingerprint density at radius 2 is 1.95 bits per heavy atom. The number of sulfonamides is 1. The van der Waals surface area contributed by atoms with E-state index in [9.17, 15) is 8.42 Å². The van der Waals surface area contributed by atoms with Crippen molar-refractivity contribution in [2.24, 2.45) is 0 Å². The van der Waals surface area contributed by atoms with Gasteiger partial charge in [0, 0.05) is 30.6 Å². The minimum absolute atomic E-state index is 0.498. The molecule has 1 saturated carbocycles. The summed E-state index contributed by atoms with van der Waals surface area (Å²) in [7, 11) is -3.34. The van der Waals surface area contributed by atoms with E-state index < -0.39 is 10.0 Å². The van der Waals surface area contributed by atoms with Gasteiger partial charge in [-0.3, -0.25) is 0 Å². The fourth-order valence-electron chi connectivity index (χ4n) is 2.20. The van der Waals surface area contributed by atoms with Gasteiger partial charge in [0.2, 0.25) is 10.0 Å². The van der Waals surface area contributed by atoms with E-state index in [-0.39, 0.29) is 0 Å². The fourth-order valence-corrected chi connectivity index (χ4v) is 5.19. The van der Waals surface area contributed by atoms with E-state index in [1.165, 1.54) is 24.2 Å². The predicted molar refractivity (Wildman–Crippen MR) is 83.5 cm³/mol. The van der Waals surface area contributed by atoms with Crippen molar-refractivity contribution in [3.05, 3.63) is 16.3 Å². The Morgan fingerprint density at radius 1 is 1.30 bits per heavy atom. The van der Waals surface area contributed by atoms with Crippen LogP contribution in [0.3, 0.4) is 0 Å². The summed E-state index contributed by atoms with van der Waals surface area (Å²) in [5, 5.41) is 5.28. The average Bonchev–Trinajstić information content (AvgIpc) is 3.12. The second-order valence-electron chi connectivity index (χ2n) is 5.27. The molecule has 1 heterocycles. The molecule has 1 fully saturated rings. The lowest BCUT2D eigenvalue weighted by molar-refractivity contribution is 0.409. The first-order valence-electron chi connectivity index (χ1n) is 7.39. The van der Waals surface area contributed by atoms with Crippen molar-refractivity contribution < 1.29 is 8.42 Å². The molecule has 1 aliphatic rings. The zero-order valence-electron chi connectivity index (χ0n) is 12.3. The van der Waals surface area contributed by atoms with E-state index in [4.69, 9.17) is 0 Å². The molecule has 4 nitrogen and oxygen atoms in total. The number of thiophene rings is 1. The number of nitrogens with zero attached hydrogens (tertiary/aromatic N) is 1. The molecule has 1 aliphatic carbocycles. The van der Waals surface area contributed by atoms with E-state index in [1.54, 1.807) is 10.4 Å². The predicted octanol–water partition coefficient (Wildman–Crippen LogP) is 2.81. The Balaban J connectivity index is 2.16. The molecule has 114 valence electrons. The van der Waals surface area contributed by atoms with Crippen LogP contribution in [-0.2, 0) is 16.6 Å². The maximum Gasteiger partial charge on any atom is 0.244 e. The number of hydrogen-bond acceptors (Lipinski definition) is 4. The molecule has 0 radical (unpaired) electrons. The van der Waals surface area contributed by atoms with Gasteiger partial charge in [0.25, 0.3) is 0 Å². The van der Waals surface area contributed by atoms with Crippen LogP contribution in [0.5, 0.6) is 0 Å². The first kappa shape index (κ1) is 15.9. The molecule has 0 aromatic carbocycles. The van der Waals surface area contributed by atoms with Gasteiger partial charge < -0.3 is 5.32 Å². The van der Waals surface area contributed by atoms with Gasteiger partial charge in [0.15, 0.2) is 0 Å². The van der Waals surface area contributed by atoms with Gasteiger partial charge in [0.1, 0.15) is 0 Å². The lowest BCUT2D eigenvalue weighted by Gasteiger charge is -2.21. The molecule has 2 rings (SSSR count). The Labute approximate surface area is 126 Å². The van der Waals surface area contributed by atoms with Crippen molar-refractivity contribution in [1.29, 1.82) is 0 Å². The summed E-state index contributed by atoms with van der Waals surface area (Å²) in [4.78, 5) is 1.44. The maximum atomic E-state index is 12.8. The topological polar surface area (TPSA) is 49.4 Å². The Morgan fingerprint density at radius 3 is 2.50 bits per heavy atom. The quantitative estimate of drug-likeness (QED) is 0.762. The lowest BCUT2D eigenvalue weighted by atomic mass is 10.4. The van der Waals surface area contributed by atoms with Crippen molar-refractivity contribution in [3.8, 4) is 0 Å². The minimum Gasteiger partial charge on any atom is -0.309 e. The van der Waals surface area contributed by atoms with Crippen molar-refractivity contribution >= 4 is 21.4 Å². The van der Waals surface area contributed by atoms with E-state index in [1.807, 2.05) is 19.2 Å². The highest BCUT2D eigenvalue weighted by atomic mass is 32.2. The summed E-state index contributed by atoms with van der Waals surface area (Å²) in [5.74, 6) is 0. The summed E-state index contributed by atoms with van der Waals surface area (Å²) >= 11 is 1.53. The summed E-state index contributed by atoms with van der Waals surface area (Å²) in [6, 6.07) is 2.34. The van der Waals surface area contributed by atoms with Crippen LogP contribution in [0.1, 0.15) is 44.4 Å². The molecule has 1 N–H and O–H groups in total. The van der Waals surface area contributed by atoms with Crippen molar-refractivity contribution in [2.45, 2.75) is 57.0 Å². The van der Waals surface area contributed by atoms with Gasteiger partial charge in [-0.2, -0.15) is 4.31 Å². The third-order valence-electron chi connectivity index (χ3n) is 3.40. The van der Waals surface area contributed by atoms with Crippen LogP contribution >= 0.6 is 11.3 Å². The summed E-state index contributed by atoms with van der Waals surface area (Å²) in [6.07, 6.45) is 4.12. The first-order chi connectivity index (χ1) is 9.59. The number of nitrogens with one attached hydrogen (secondary N) is 1. The van der Waals surface area contributed by atoms with E-state index in [2.05, 4.69) is 5.32 Å². The second kappa shape index (κ2) is 7.02. The van der Waals surface area contributed by atoms with Crippen LogP contribution in [0.25, 0.3) is 0 Å². The van der Waals surface area contributed by atoms with Crippen LogP contribution < -0.4 is 5.32 Å². The molecule has 0 atom stereocenters. The molecule has 20 heavy (non-hydrogen) atoms. The highest BCUT2D eigenvalue weighted by molar-refractivity contribution is 7.89. The molecule has 0 aliphatic heterocycles. The number of rotatable bonds is 9. The third-order valence-corrected chi connectivity index (χ3v) is 6.43. The highest BCUT2D eigenvalue weighted by Gasteiger charge is 2.27. The summed E-state index contributed by atoms with van der Waals surface area (Å²) < 4.78 is 27.1. The van der Waals surface area contributed by atoms with Crippen LogP contribution in [0, 0.1) is 0 Å². The fraction of sp³-hybridized carbons (Fsp3) is 0.714. The third kappa shape index (κ3) is 3.81. The monoisotopic (exact) mass is 316 g/mol. The second-order valence-corrected chi connectivity index (χ2v) is 8.17. The lowest BCUT2D eigenvalue weighted by Crippen LogP contribution is -2.33. The van der Waals surface area contributed by atoms with Crippen LogP contribution in [0.2, 0.25) is 0 Å². The Bertz CT molecular complexity index is 515.